The van der Waals surface area contributed by atoms with Crippen molar-refractivity contribution in [3.8, 4) is 0 Å². The average molecular weight is 248 g/mol. The summed E-state index contributed by atoms with van der Waals surface area (Å²) in [6.45, 7) is 0.119. The Morgan fingerprint density at radius 1 is 1.06 bits per heavy atom. The summed E-state index contributed by atoms with van der Waals surface area (Å²) in [7, 11) is 1.79. The lowest BCUT2D eigenvalue weighted by atomic mass is 10.1. The third-order valence-electron chi connectivity index (χ3n) is 2.87. The van der Waals surface area contributed by atoms with Gasteiger partial charge in [-0.15, -0.1) is 0 Å². The largest absolute Gasteiger partial charge is 0.344 e. The van der Waals surface area contributed by atoms with E-state index in [4.69, 9.17) is 5.73 Å². The molecular formula is C14H14F2N2. The van der Waals surface area contributed by atoms with Crippen molar-refractivity contribution >= 4 is 11.4 Å². The minimum atomic E-state index is -0.330. The van der Waals surface area contributed by atoms with E-state index in [2.05, 4.69) is 0 Å². The molecule has 0 fully saturated rings. The molecule has 4 heteroatoms. The summed E-state index contributed by atoms with van der Waals surface area (Å²) < 4.78 is 26.5. The lowest BCUT2D eigenvalue weighted by molar-refractivity contribution is 0.610. The number of nitrogens with zero attached hydrogens (tertiary/aromatic N) is 1. The van der Waals surface area contributed by atoms with Crippen LogP contribution < -0.4 is 10.6 Å². The second-order valence-corrected chi connectivity index (χ2v) is 3.98. The van der Waals surface area contributed by atoms with Crippen molar-refractivity contribution in [2.45, 2.75) is 6.54 Å². The SMILES string of the molecule is CN(c1ccc(F)cc1)c1cccc(F)c1CN. The molecular weight excluding hydrogens is 234 g/mol. The van der Waals surface area contributed by atoms with E-state index < -0.39 is 0 Å². The maximum atomic E-state index is 13.6. The number of hydrogen-bond donors (Lipinski definition) is 1. The van der Waals surface area contributed by atoms with Gasteiger partial charge in [0, 0.05) is 30.5 Å². The fourth-order valence-corrected chi connectivity index (χ4v) is 1.87. The minimum Gasteiger partial charge on any atom is -0.344 e. The van der Waals surface area contributed by atoms with Crippen LogP contribution in [0.3, 0.4) is 0 Å². The first-order chi connectivity index (χ1) is 8.63. The van der Waals surface area contributed by atoms with Gasteiger partial charge < -0.3 is 10.6 Å². The molecule has 0 atom stereocenters. The molecule has 18 heavy (non-hydrogen) atoms. The Hall–Kier alpha value is -1.94. The highest BCUT2D eigenvalue weighted by Gasteiger charge is 2.11. The summed E-state index contributed by atoms with van der Waals surface area (Å²) in [6, 6.07) is 10.8. The number of anilines is 2. The van der Waals surface area contributed by atoms with Crippen molar-refractivity contribution in [1.82, 2.24) is 0 Å². The molecule has 2 aromatic rings. The van der Waals surface area contributed by atoms with Crippen LogP contribution in [0.2, 0.25) is 0 Å². The molecule has 0 radical (unpaired) electrons. The van der Waals surface area contributed by atoms with Gasteiger partial charge in [-0.1, -0.05) is 6.07 Å². The molecule has 0 aromatic heterocycles. The van der Waals surface area contributed by atoms with Crippen LogP contribution >= 0.6 is 0 Å². The van der Waals surface area contributed by atoms with Crippen molar-refractivity contribution in [2.75, 3.05) is 11.9 Å². The molecule has 2 nitrogen and oxygen atoms in total. The third kappa shape index (κ3) is 2.33. The van der Waals surface area contributed by atoms with Crippen LogP contribution in [0.4, 0.5) is 20.2 Å². The highest BCUT2D eigenvalue weighted by molar-refractivity contribution is 5.65. The Balaban J connectivity index is 2.42. The van der Waals surface area contributed by atoms with E-state index in [0.717, 1.165) is 5.69 Å². The van der Waals surface area contributed by atoms with Gasteiger partial charge in [0.2, 0.25) is 0 Å². The van der Waals surface area contributed by atoms with E-state index in [9.17, 15) is 8.78 Å². The van der Waals surface area contributed by atoms with E-state index >= 15 is 0 Å². The zero-order valence-electron chi connectivity index (χ0n) is 10.0. The van der Waals surface area contributed by atoms with Gasteiger partial charge in [-0.05, 0) is 36.4 Å². The fraction of sp³-hybridized carbons (Fsp3) is 0.143. The summed E-state index contributed by atoms with van der Waals surface area (Å²) >= 11 is 0. The standard InChI is InChI=1S/C14H14F2N2/c1-18(11-7-5-10(15)6-8-11)14-4-2-3-13(16)12(14)9-17/h2-8H,9,17H2,1H3. The van der Waals surface area contributed by atoms with Gasteiger partial charge in [0.15, 0.2) is 0 Å². The summed E-state index contributed by atoms with van der Waals surface area (Å²) in [5, 5.41) is 0. The van der Waals surface area contributed by atoms with Crippen LogP contribution in [0.25, 0.3) is 0 Å². The van der Waals surface area contributed by atoms with Gasteiger partial charge in [0.25, 0.3) is 0 Å². The monoisotopic (exact) mass is 248 g/mol. The Morgan fingerprint density at radius 3 is 2.33 bits per heavy atom. The molecule has 0 amide bonds. The van der Waals surface area contributed by atoms with Crippen molar-refractivity contribution in [3.05, 3.63) is 59.7 Å². The number of rotatable bonds is 3. The van der Waals surface area contributed by atoms with Crippen LogP contribution in [0.15, 0.2) is 42.5 Å². The van der Waals surface area contributed by atoms with Crippen LogP contribution in [-0.2, 0) is 6.54 Å². The zero-order valence-corrected chi connectivity index (χ0v) is 10.0. The molecule has 0 saturated heterocycles. The molecule has 0 saturated carbocycles. The lowest BCUT2D eigenvalue weighted by Crippen LogP contribution is -2.14. The van der Waals surface area contributed by atoms with Gasteiger partial charge in [0.1, 0.15) is 11.6 Å². The van der Waals surface area contributed by atoms with E-state index in [1.54, 1.807) is 36.2 Å². The second kappa shape index (κ2) is 5.14. The van der Waals surface area contributed by atoms with Gasteiger partial charge in [-0.2, -0.15) is 0 Å². The van der Waals surface area contributed by atoms with Gasteiger partial charge >= 0.3 is 0 Å². The smallest absolute Gasteiger partial charge is 0.129 e. The van der Waals surface area contributed by atoms with Gasteiger partial charge in [-0.3, -0.25) is 0 Å². The summed E-state index contributed by atoms with van der Waals surface area (Å²) in [6.07, 6.45) is 0. The Labute approximate surface area is 105 Å². The Bertz CT molecular complexity index is 538. The van der Waals surface area contributed by atoms with Gasteiger partial charge in [0.05, 0.1) is 0 Å². The van der Waals surface area contributed by atoms with Crippen LogP contribution in [-0.4, -0.2) is 7.05 Å². The van der Waals surface area contributed by atoms with E-state index in [1.807, 2.05) is 0 Å². The summed E-state index contributed by atoms with van der Waals surface area (Å²) in [5.41, 5.74) is 7.47. The molecule has 94 valence electrons. The van der Waals surface area contributed by atoms with Crippen LogP contribution in [0.5, 0.6) is 0 Å². The first kappa shape index (κ1) is 12.5. The molecule has 0 aliphatic rings. The first-order valence-electron chi connectivity index (χ1n) is 5.60. The highest BCUT2D eigenvalue weighted by Crippen LogP contribution is 2.28. The van der Waals surface area contributed by atoms with E-state index in [0.29, 0.717) is 11.3 Å². The zero-order chi connectivity index (χ0) is 13.1. The summed E-state index contributed by atoms with van der Waals surface area (Å²) in [5.74, 6) is -0.630. The molecule has 2 N–H and O–H groups in total. The quantitative estimate of drug-likeness (QED) is 0.903. The molecule has 0 aliphatic carbocycles. The summed E-state index contributed by atoms with van der Waals surface area (Å²) in [4.78, 5) is 1.78. The predicted octanol–water partition coefficient (Wildman–Crippen LogP) is 3.19. The maximum Gasteiger partial charge on any atom is 0.129 e. The Kier molecular flexibility index (Phi) is 3.58. The van der Waals surface area contributed by atoms with Crippen molar-refractivity contribution in [3.63, 3.8) is 0 Å². The van der Waals surface area contributed by atoms with Gasteiger partial charge in [-0.25, -0.2) is 8.78 Å². The first-order valence-corrected chi connectivity index (χ1v) is 5.60. The highest BCUT2D eigenvalue weighted by atomic mass is 19.1. The van der Waals surface area contributed by atoms with Crippen molar-refractivity contribution in [1.29, 1.82) is 0 Å². The molecule has 0 spiro atoms. The average Bonchev–Trinajstić information content (AvgIpc) is 2.38. The molecule has 0 bridgehead atoms. The Morgan fingerprint density at radius 2 is 1.72 bits per heavy atom. The third-order valence-corrected chi connectivity index (χ3v) is 2.87. The molecule has 0 unspecified atom stereocenters. The number of halogens is 2. The number of nitrogens with two attached hydrogens (primary N) is 1. The lowest BCUT2D eigenvalue weighted by Gasteiger charge is -2.22. The van der Waals surface area contributed by atoms with Crippen molar-refractivity contribution in [2.24, 2.45) is 5.73 Å². The molecule has 0 heterocycles. The van der Waals surface area contributed by atoms with E-state index in [-0.39, 0.29) is 18.2 Å². The minimum absolute atomic E-state index is 0.119. The van der Waals surface area contributed by atoms with Crippen LogP contribution in [0.1, 0.15) is 5.56 Å². The maximum absolute atomic E-state index is 13.6. The van der Waals surface area contributed by atoms with E-state index in [1.165, 1.54) is 18.2 Å². The predicted molar refractivity (Wildman–Crippen MR) is 68.8 cm³/mol. The molecule has 0 aliphatic heterocycles. The number of benzene rings is 2. The van der Waals surface area contributed by atoms with Crippen LogP contribution in [0, 0.1) is 11.6 Å². The molecule has 2 aromatic carbocycles. The fourth-order valence-electron chi connectivity index (χ4n) is 1.87. The number of hydrogen-bond acceptors (Lipinski definition) is 2. The molecule has 2 rings (SSSR count). The topological polar surface area (TPSA) is 29.3 Å². The normalized spacial score (nSPS) is 10.4. The van der Waals surface area contributed by atoms with Crippen molar-refractivity contribution < 1.29 is 8.78 Å². The second-order valence-electron chi connectivity index (χ2n) is 3.98.